The highest BCUT2D eigenvalue weighted by Crippen LogP contribution is 2.26. The van der Waals surface area contributed by atoms with Gasteiger partial charge in [-0.15, -0.1) is 0 Å². The molecule has 1 aliphatic rings. The second-order valence-electron chi connectivity index (χ2n) is 5.75. The fourth-order valence-electron chi connectivity index (χ4n) is 2.36. The number of benzene rings is 1. The molecule has 0 saturated heterocycles. The number of nitriles is 1. The summed E-state index contributed by atoms with van der Waals surface area (Å²) in [6.45, 7) is 2.27. The molecule has 0 saturated carbocycles. The second-order valence-corrected chi connectivity index (χ2v) is 5.75. The van der Waals surface area contributed by atoms with Gasteiger partial charge in [-0.3, -0.25) is 0 Å². The Bertz CT molecular complexity index is 658. The average molecular weight is 327 g/mol. The summed E-state index contributed by atoms with van der Waals surface area (Å²) in [5.41, 5.74) is 1.55. The van der Waals surface area contributed by atoms with Crippen molar-refractivity contribution in [1.82, 2.24) is 0 Å². The summed E-state index contributed by atoms with van der Waals surface area (Å²) in [4.78, 5) is 12.1. The van der Waals surface area contributed by atoms with E-state index < -0.39 is 6.10 Å². The number of rotatable bonds is 7. The van der Waals surface area contributed by atoms with Crippen LogP contribution in [0.1, 0.15) is 25.3 Å². The van der Waals surface area contributed by atoms with Crippen LogP contribution in [0.15, 0.2) is 53.8 Å². The molecule has 5 heteroatoms. The van der Waals surface area contributed by atoms with Gasteiger partial charge in [0.1, 0.15) is 19.3 Å². The van der Waals surface area contributed by atoms with Crippen LogP contribution in [0, 0.1) is 17.2 Å². The van der Waals surface area contributed by atoms with Crippen LogP contribution in [-0.2, 0) is 20.9 Å². The van der Waals surface area contributed by atoms with Gasteiger partial charge in [-0.25, -0.2) is 4.79 Å². The molecular weight excluding hydrogens is 306 g/mol. The van der Waals surface area contributed by atoms with Crippen LogP contribution in [0.25, 0.3) is 0 Å². The zero-order valence-corrected chi connectivity index (χ0v) is 13.6. The van der Waals surface area contributed by atoms with Crippen LogP contribution in [-0.4, -0.2) is 23.8 Å². The number of esters is 1. The third-order valence-corrected chi connectivity index (χ3v) is 3.70. The third kappa shape index (κ3) is 5.25. The Morgan fingerprint density at radius 3 is 2.79 bits per heavy atom. The molecule has 126 valence electrons. The molecule has 0 heterocycles. The minimum atomic E-state index is -0.802. The molecule has 0 fully saturated rings. The SMILES string of the molecule is CC1CC(C(=O)OCc2ccccc2)=CC=C1OC[C@H](O)CC#N. The van der Waals surface area contributed by atoms with Gasteiger partial charge in [-0.2, -0.15) is 5.26 Å². The van der Waals surface area contributed by atoms with E-state index in [1.807, 2.05) is 43.3 Å². The van der Waals surface area contributed by atoms with Crippen molar-refractivity contribution in [3.05, 3.63) is 59.4 Å². The zero-order chi connectivity index (χ0) is 17.4. The molecule has 1 aliphatic carbocycles. The first-order valence-corrected chi connectivity index (χ1v) is 7.89. The van der Waals surface area contributed by atoms with Gasteiger partial charge in [0.05, 0.1) is 18.2 Å². The van der Waals surface area contributed by atoms with Crippen molar-refractivity contribution in [3.8, 4) is 6.07 Å². The van der Waals surface area contributed by atoms with Gasteiger partial charge in [-0.1, -0.05) is 37.3 Å². The van der Waals surface area contributed by atoms with E-state index in [1.54, 1.807) is 12.2 Å². The molecule has 0 spiro atoms. The molecule has 24 heavy (non-hydrogen) atoms. The van der Waals surface area contributed by atoms with Crippen LogP contribution in [0.4, 0.5) is 0 Å². The van der Waals surface area contributed by atoms with E-state index in [-0.39, 0.29) is 31.5 Å². The lowest BCUT2D eigenvalue weighted by atomic mass is 9.94. The van der Waals surface area contributed by atoms with E-state index in [9.17, 15) is 9.90 Å². The van der Waals surface area contributed by atoms with Crippen molar-refractivity contribution in [2.75, 3.05) is 6.61 Å². The molecule has 1 unspecified atom stereocenters. The maximum absolute atomic E-state index is 12.1. The maximum atomic E-state index is 12.1. The van der Waals surface area contributed by atoms with Crippen LogP contribution in [0.2, 0.25) is 0 Å². The molecule has 0 aliphatic heterocycles. The molecule has 0 amide bonds. The second kappa shape index (κ2) is 8.90. The largest absolute Gasteiger partial charge is 0.495 e. The van der Waals surface area contributed by atoms with Gasteiger partial charge in [0.2, 0.25) is 0 Å². The number of ether oxygens (including phenoxy) is 2. The van der Waals surface area contributed by atoms with Gasteiger partial charge in [-0.05, 0) is 24.1 Å². The molecule has 2 atom stereocenters. The summed E-state index contributed by atoms with van der Waals surface area (Å²) in [5, 5.41) is 18.0. The highest BCUT2D eigenvalue weighted by Gasteiger charge is 2.22. The molecule has 0 aromatic heterocycles. The van der Waals surface area contributed by atoms with E-state index in [2.05, 4.69) is 0 Å². The average Bonchev–Trinajstić information content (AvgIpc) is 2.59. The number of carbonyl (C=O) groups excluding carboxylic acids is 1. The highest BCUT2D eigenvalue weighted by atomic mass is 16.5. The van der Waals surface area contributed by atoms with Gasteiger partial charge in [0.15, 0.2) is 0 Å². The van der Waals surface area contributed by atoms with E-state index in [0.29, 0.717) is 17.8 Å². The van der Waals surface area contributed by atoms with Gasteiger partial charge < -0.3 is 14.6 Å². The van der Waals surface area contributed by atoms with Crippen LogP contribution in [0.3, 0.4) is 0 Å². The lowest BCUT2D eigenvalue weighted by molar-refractivity contribution is -0.140. The van der Waals surface area contributed by atoms with Crippen molar-refractivity contribution in [2.24, 2.45) is 5.92 Å². The van der Waals surface area contributed by atoms with Crippen LogP contribution in [0.5, 0.6) is 0 Å². The number of aliphatic hydroxyl groups is 1. The summed E-state index contributed by atoms with van der Waals surface area (Å²) < 4.78 is 10.9. The highest BCUT2D eigenvalue weighted by molar-refractivity contribution is 5.89. The smallest absolute Gasteiger partial charge is 0.334 e. The van der Waals surface area contributed by atoms with Gasteiger partial charge in [0, 0.05) is 11.5 Å². The third-order valence-electron chi connectivity index (χ3n) is 3.70. The Hall–Kier alpha value is -2.58. The van der Waals surface area contributed by atoms with Crippen molar-refractivity contribution in [2.45, 2.75) is 32.5 Å². The Morgan fingerprint density at radius 1 is 1.38 bits per heavy atom. The molecule has 1 N–H and O–H groups in total. The van der Waals surface area contributed by atoms with Crippen molar-refractivity contribution in [3.63, 3.8) is 0 Å². The first kappa shape index (κ1) is 17.8. The number of nitrogens with zero attached hydrogens (tertiary/aromatic N) is 1. The standard InChI is InChI=1S/C19H21NO4/c1-14-11-16(7-8-18(14)23-13-17(21)9-10-20)19(22)24-12-15-5-3-2-4-6-15/h2-8,14,17,21H,9,11-13H2,1H3/t14?,17-/m1/s1. The molecule has 1 aromatic rings. The topological polar surface area (TPSA) is 79.6 Å². The number of allylic oxidation sites excluding steroid dienone is 3. The predicted molar refractivity (Wildman–Crippen MR) is 88.4 cm³/mol. The predicted octanol–water partition coefficient (Wildman–Crippen LogP) is 2.87. The van der Waals surface area contributed by atoms with Crippen LogP contribution < -0.4 is 0 Å². The lowest BCUT2D eigenvalue weighted by Crippen LogP contribution is -2.19. The monoisotopic (exact) mass is 327 g/mol. The quantitative estimate of drug-likeness (QED) is 0.779. The fourth-order valence-corrected chi connectivity index (χ4v) is 2.36. The molecule has 1 aromatic carbocycles. The maximum Gasteiger partial charge on any atom is 0.334 e. The minimum absolute atomic E-state index is 0.0172. The van der Waals surface area contributed by atoms with Crippen molar-refractivity contribution < 1.29 is 19.4 Å². The van der Waals surface area contributed by atoms with Gasteiger partial charge in [0.25, 0.3) is 0 Å². The number of hydrogen-bond acceptors (Lipinski definition) is 5. The summed E-state index contributed by atoms with van der Waals surface area (Å²) in [5.74, 6) is 0.390. The fraction of sp³-hybridized carbons (Fsp3) is 0.368. The van der Waals surface area contributed by atoms with Crippen LogP contribution >= 0.6 is 0 Å². The molecule has 2 rings (SSSR count). The first-order valence-electron chi connectivity index (χ1n) is 7.89. The van der Waals surface area contributed by atoms with Crippen molar-refractivity contribution in [1.29, 1.82) is 5.26 Å². The number of aliphatic hydroxyl groups excluding tert-OH is 1. The number of hydrogen-bond donors (Lipinski definition) is 1. The normalized spacial score (nSPS) is 18.0. The molecular formula is C19H21NO4. The Morgan fingerprint density at radius 2 is 2.12 bits per heavy atom. The summed E-state index contributed by atoms with van der Waals surface area (Å²) >= 11 is 0. The Labute approximate surface area is 141 Å². The summed E-state index contributed by atoms with van der Waals surface area (Å²) in [6.07, 6.45) is 3.18. The molecule has 0 radical (unpaired) electrons. The Balaban J connectivity index is 1.88. The summed E-state index contributed by atoms with van der Waals surface area (Å²) in [7, 11) is 0. The molecule has 5 nitrogen and oxygen atoms in total. The summed E-state index contributed by atoms with van der Waals surface area (Å²) in [6, 6.07) is 11.4. The van der Waals surface area contributed by atoms with E-state index in [4.69, 9.17) is 14.7 Å². The van der Waals surface area contributed by atoms with E-state index in [1.165, 1.54) is 0 Å². The minimum Gasteiger partial charge on any atom is -0.495 e. The lowest BCUT2D eigenvalue weighted by Gasteiger charge is -2.22. The first-order chi connectivity index (χ1) is 11.6. The van der Waals surface area contributed by atoms with Crippen molar-refractivity contribution >= 4 is 5.97 Å². The molecule has 0 bridgehead atoms. The zero-order valence-electron chi connectivity index (χ0n) is 13.6. The van der Waals surface area contributed by atoms with Gasteiger partial charge >= 0.3 is 5.97 Å². The van der Waals surface area contributed by atoms with E-state index >= 15 is 0 Å². The Kier molecular flexibility index (Phi) is 6.59. The van der Waals surface area contributed by atoms with E-state index in [0.717, 1.165) is 5.56 Å². The number of carbonyl (C=O) groups is 1.